The van der Waals surface area contributed by atoms with E-state index < -0.39 is 10.0 Å². The molecule has 0 saturated heterocycles. The molecule has 0 radical (unpaired) electrons. The van der Waals surface area contributed by atoms with Crippen molar-refractivity contribution < 1.29 is 12.8 Å². The van der Waals surface area contributed by atoms with Gasteiger partial charge in [-0.2, -0.15) is 0 Å². The van der Waals surface area contributed by atoms with Crippen LogP contribution in [0.1, 0.15) is 29.9 Å². The van der Waals surface area contributed by atoms with E-state index in [4.69, 9.17) is 4.42 Å². The number of aryl methyl sites for hydroxylation is 2. The maximum Gasteiger partial charge on any atom is 0.244 e. The topological polar surface area (TPSA) is 71.3 Å². The molecule has 0 bridgehead atoms. The Balaban J connectivity index is 2.29. The van der Waals surface area contributed by atoms with Crippen LogP contribution in [0.15, 0.2) is 9.31 Å². The number of hydrogen-bond donors (Lipinski definition) is 2. The van der Waals surface area contributed by atoms with Crippen molar-refractivity contribution in [1.29, 1.82) is 0 Å². The Labute approximate surface area is 108 Å². The predicted molar refractivity (Wildman–Crippen MR) is 68.9 cm³/mol. The molecule has 5 nitrogen and oxygen atoms in total. The summed E-state index contributed by atoms with van der Waals surface area (Å²) in [5.74, 6) is 1.63. The molecule has 18 heavy (non-hydrogen) atoms. The van der Waals surface area contributed by atoms with Gasteiger partial charge in [-0.25, -0.2) is 13.1 Å². The van der Waals surface area contributed by atoms with Crippen molar-refractivity contribution in [2.24, 2.45) is 5.92 Å². The van der Waals surface area contributed by atoms with Gasteiger partial charge in [-0.15, -0.1) is 0 Å². The average Bonchev–Trinajstić information content (AvgIpc) is 3.05. The maximum absolute atomic E-state index is 12.3. The zero-order valence-corrected chi connectivity index (χ0v) is 11.9. The fraction of sp³-hybridized carbons (Fsp3) is 0.667. The number of hydrogen-bond acceptors (Lipinski definition) is 4. The molecule has 6 heteroatoms. The lowest BCUT2D eigenvalue weighted by molar-refractivity contribution is 0.493. The molecule has 1 aliphatic rings. The van der Waals surface area contributed by atoms with E-state index in [1.165, 1.54) is 0 Å². The van der Waals surface area contributed by atoms with E-state index in [1.54, 1.807) is 20.9 Å². The third kappa shape index (κ3) is 2.76. The van der Waals surface area contributed by atoms with Crippen LogP contribution in [-0.4, -0.2) is 22.0 Å². The second-order valence-corrected chi connectivity index (χ2v) is 6.55. The summed E-state index contributed by atoms with van der Waals surface area (Å²) in [5, 5.41) is 2.98. The van der Waals surface area contributed by atoms with Crippen LogP contribution in [0.5, 0.6) is 0 Å². The normalized spacial score (nSPS) is 16.2. The maximum atomic E-state index is 12.3. The summed E-state index contributed by atoms with van der Waals surface area (Å²) in [4.78, 5) is 0.301. The van der Waals surface area contributed by atoms with E-state index in [0.29, 0.717) is 35.4 Å². The molecule has 0 aliphatic heterocycles. The monoisotopic (exact) mass is 272 g/mol. The Morgan fingerprint density at radius 1 is 1.28 bits per heavy atom. The fourth-order valence-electron chi connectivity index (χ4n) is 2.06. The highest BCUT2D eigenvalue weighted by atomic mass is 32.2. The van der Waals surface area contributed by atoms with Gasteiger partial charge in [-0.1, -0.05) is 0 Å². The Morgan fingerprint density at radius 3 is 2.50 bits per heavy atom. The smallest absolute Gasteiger partial charge is 0.244 e. The Morgan fingerprint density at radius 2 is 1.94 bits per heavy atom. The quantitative estimate of drug-likeness (QED) is 0.819. The van der Waals surface area contributed by atoms with Gasteiger partial charge in [-0.05, 0) is 39.7 Å². The number of rotatable bonds is 6. The minimum Gasteiger partial charge on any atom is -0.465 e. The van der Waals surface area contributed by atoms with Crippen LogP contribution in [0.2, 0.25) is 0 Å². The van der Waals surface area contributed by atoms with Gasteiger partial charge in [0.2, 0.25) is 10.0 Å². The highest BCUT2D eigenvalue weighted by Crippen LogP contribution is 2.30. The summed E-state index contributed by atoms with van der Waals surface area (Å²) in [6.45, 7) is 4.51. The number of furan rings is 1. The fourth-order valence-corrected chi connectivity index (χ4v) is 3.62. The van der Waals surface area contributed by atoms with Crippen LogP contribution < -0.4 is 10.0 Å². The molecule has 1 aromatic heterocycles. The van der Waals surface area contributed by atoms with Crippen molar-refractivity contribution >= 4 is 10.0 Å². The van der Waals surface area contributed by atoms with E-state index in [-0.39, 0.29) is 0 Å². The molecule has 0 atom stereocenters. The molecule has 102 valence electrons. The van der Waals surface area contributed by atoms with Crippen LogP contribution in [0.25, 0.3) is 0 Å². The first-order valence-corrected chi connectivity index (χ1v) is 7.67. The largest absolute Gasteiger partial charge is 0.465 e. The Hall–Kier alpha value is -0.850. The lowest BCUT2D eigenvalue weighted by Gasteiger charge is -2.07. The van der Waals surface area contributed by atoms with Crippen LogP contribution in [0.3, 0.4) is 0 Å². The van der Waals surface area contributed by atoms with Gasteiger partial charge in [-0.3, -0.25) is 0 Å². The standard InChI is InChI=1S/C12H20N2O3S/c1-8-11(7-13-3)12(9(2)17-8)18(15,16)14-6-10-4-5-10/h10,13-14H,4-7H2,1-3H3. The van der Waals surface area contributed by atoms with Crippen molar-refractivity contribution in [2.75, 3.05) is 13.6 Å². The first-order valence-electron chi connectivity index (χ1n) is 6.19. The van der Waals surface area contributed by atoms with E-state index in [2.05, 4.69) is 10.0 Å². The summed E-state index contributed by atoms with van der Waals surface area (Å²) in [7, 11) is -1.67. The van der Waals surface area contributed by atoms with Crippen LogP contribution >= 0.6 is 0 Å². The highest BCUT2D eigenvalue weighted by molar-refractivity contribution is 7.89. The molecule has 0 aromatic carbocycles. The zero-order valence-electron chi connectivity index (χ0n) is 11.0. The lowest BCUT2D eigenvalue weighted by Crippen LogP contribution is -2.27. The second kappa shape index (κ2) is 5.03. The lowest BCUT2D eigenvalue weighted by atomic mass is 10.2. The van der Waals surface area contributed by atoms with Crippen LogP contribution in [0.4, 0.5) is 0 Å². The summed E-state index contributed by atoms with van der Waals surface area (Å²) in [6.07, 6.45) is 2.24. The molecule has 0 spiro atoms. The average molecular weight is 272 g/mol. The third-order valence-corrected chi connectivity index (χ3v) is 4.82. The summed E-state index contributed by atoms with van der Waals surface area (Å²) < 4.78 is 32.7. The number of nitrogens with one attached hydrogen (secondary N) is 2. The zero-order chi connectivity index (χ0) is 13.3. The molecule has 0 amide bonds. The van der Waals surface area contributed by atoms with Crippen molar-refractivity contribution in [3.8, 4) is 0 Å². The predicted octanol–water partition coefficient (Wildman–Crippen LogP) is 1.30. The molecule has 1 fully saturated rings. The van der Waals surface area contributed by atoms with Gasteiger partial charge in [0.15, 0.2) is 0 Å². The van der Waals surface area contributed by atoms with Gasteiger partial charge in [0.25, 0.3) is 0 Å². The van der Waals surface area contributed by atoms with Gasteiger partial charge >= 0.3 is 0 Å². The van der Waals surface area contributed by atoms with Gasteiger partial charge in [0.05, 0.1) is 0 Å². The molecule has 1 aromatic rings. The SMILES string of the molecule is CNCc1c(C)oc(C)c1S(=O)(=O)NCC1CC1. The highest BCUT2D eigenvalue weighted by Gasteiger charge is 2.29. The van der Waals surface area contributed by atoms with E-state index in [1.807, 2.05) is 0 Å². The molecule has 2 N–H and O–H groups in total. The summed E-state index contributed by atoms with van der Waals surface area (Å²) >= 11 is 0. The summed E-state index contributed by atoms with van der Waals surface area (Å²) in [5.41, 5.74) is 0.721. The van der Waals surface area contributed by atoms with Crippen LogP contribution in [-0.2, 0) is 16.6 Å². The molecule has 1 heterocycles. The molecule has 0 unspecified atom stereocenters. The first kappa shape index (κ1) is 13.6. The first-order chi connectivity index (χ1) is 8.45. The van der Waals surface area contributed by atoms with Crippen molar-refractivity contribution in [3.05, 3.63) is 17.1 Å². The molecule has 2 rings (SSSR count). The Bertz CT molecular complexity index is 530. The third-order valence-electron chi connectivity index (χ3n) is 3.21. The molecular formula is C12H20N2O3S. The molecular weight excluding hydrogens is 252 g/mol. The van der Waals surface area contributed by atoms with Crippen molar-refractivity contribution in [3.63, 3.8) is 0 Å². The van der Waals surface area contributed by atoms with Gasteiger partial charge in [0, 0.05) is 18.7 Å². The molecule has 1 aliphatic carbocycles. The van der Waals surface area contributed by atoms with E-state index in [0.717, 1.165) is 18.4 Å². The second-order valence-electron chi connectivity index (χ2n) is 4.85. The van der Waals surface area contributed by atoms with E-state index in [9.17, 15) is 8.42 Å². The minimum absolute atomic E-state index is 0.301. The number of sulfonamides is 1. The van der Waals surface area contributed by atoms with Crippen LogP contribution in [0, 0.1) is 19.8 Å². The van der Waals surface area contributed by atoms with Crippen molar-refractivity contribution in [1.82, 2.24) is 10.0 Å². The van der Waals surface area contributed by atoms with E-state index >= 15 is 0 Å². The summed E-state index contributed by atoms with van der Waals surface area (Å²) in [6, 6.07) is 0. The van der Waals surface area contributed by atoms with Gasteiger partial charge < -0.3 is 9.73 Å². The van der Waals surface area contributed by atoms with Gasteiger partial charge in [0.1, 0.15) is 16.4 Å². The molecule has 1 saturated carbocycles. The van der Waals surface area contributed by atoms with Crippen molar-refractivity contribution in [2.45, 2.75) is 38.1 Å². The minimum atomic E-state index is -3.46. The Kier molecular flexibility index (Phi) is 3.79.